The van der Waals surface area contributed by atoms with Crippen molar-refractivity contribution in [2.45, 2.75) is 21.6 Å². The van der Waals surface area contributed by atoms with Crippen molar-refractivity contribution < 1.29 is 9.90 Å². The van der Waals surface area contributed by atoms with E-state index in [1.54, 1.807) is 23.5 Å². The Morgan fingerprint density at radius 3 is 2.70 bits per heavy atom. The third-order valence-electron chi connectivity index (χ3n) is 3.00. The molecule has 0 unspecified atom stereocenters. The molecule has 0 saturated carbocycles. The Balaban J connectivity index is 2.12. The van der Waals surface area contributed by atoms with E-state index in [1.807, 2.05) is 36.4 Å². The van der Waals surface area contributed by atoms with E-state index in [-0.39, 0.29) is 0 Å². The molecule has 0 fully saturated rings. The molecule has 0 aromatic heterocycles. The third kappa shape index (κ3) is 2.27. The molecule has 3 nitrogen and oxygen atoms in total. The van der Waals surface area contributed by atoms with Crippen LogP contribution in [0.2, 0.25) is 0 Å². The van der Waals surface area contributed by atoms with Crippen LogP contribution in [0, 0.1) is 0 Å². The second kappa shape index (κ2) is 5.42. The van der Waals surface area contributed by atoms with Gasteiger partial charge in [-0.1, -0.05) is 30.8 Å². The Bertz CT molecular complexity index is 673. The largest absolute Gasteiger partial charge is 0.464 e. The molecule has 1 heterocycles. The summed E-state index contributed by atoms with van der Waals surface area (Å²) in [6.45, 7) is 2.11. The maximum atomic E-state index is 11.6. The Morgan fingerprint density at radius 2 is 1.95 bits per heavy atom. The van der Waals surface area contributed by atoms with Crippen LogP contribution in [0.5, 0.6) is 0 Å². The SMILES string of the molecule is CCSc1ccc2c(c1)Sc1ccccc1N2C(=O)O. The van der Waals surface area contributed by atoms with E-state index in [2.05, 4.69) is 13.0 Å². The second-order valence-corrected chi connectivity index (χ2v) is 6.67. The fraction of sp³-hybridized carbons (Fsp3) is 0.133. The average Bonchev–Trinajstić information content (AvgIpc) is 2.44. The topological polar surface area (TPSA) is 40.5 Å². The van der Waals surface area contributed by atoms with E-state index in [1.165, 1.54) is 9.80 Å². The van der Waals surface area contributed by atoms with Crippen LogP contribution >= 0.6 is 23.5 Å². The second-order valence-electron chi connectivity index (χ2n) is 4.25. The monoisotopic (exact) mass is 303 g/mol. The van der Waals surface area contributed by atoms with Crippen molar-refractivity contribution in [2.75, 3.05) is 10.7 Å². The first-order valence-electron chi connectivity index (χ1n) is 6.27. The van der Waals surface area contributed by atoms with Gasteiger partial charge in [-0.15, -0.1) is 11.8 Å². The zero-order valence-electron chi connectivity index (χ0n) is 10.9. The van der Waals surface area contributed by atoms with Gasteiger partial charge in [0.05, 0.1) is 11.4 Å². The first-order chi connectivity index (χ1) is 9.70. The van der Waals surface area contributed by atoms with Crippen molar-refractivity contribution in [1.29, 1.82) is 0 Å². The van der Waals surface area contributed by atoms with Gasteiger partial charge in [-0.25, -0.2) is 9.69 Å². The van der Waals surface area contributed by atoms with Crippen molar-refractivity contribution in [1.82, 2.24) is 0 Å². The Hall–Kier alpha value is -1.59. The molecule has 0 saturated heterocycles. The number of nitrogens with zero attached hydrogens (tertiary/aromatic N) is 1. The van der Waals surface area contributed by atoms with Crippen LogP contribution in [0.3, 0.4) is 0 Å². The first kappa shape index (κ1) is 13.4. The highest BCUT2D eigenvalue weighted by Crippen LogP contribution is 2.48. The number of hydrogen-bond donors (Lipinski definition) is 1. The molecule has 1 aliphatic rings. The fourth-order valence-electron chi connectivity index (χ4n) is 2.20. The number of amides is 1. The van der Waals surface area contributed by atoms with Crippen LogP contribution in [0.4, 0.5) is 16.2 Å². The lowest BCUT2D eigenvalue weighted by atomic mass is 10.2. The zero-order chi connectivity index (χ0) is 14.1. The predicted molar refractivity (Wildman–Crippen MR) is 83.6 cm³/mol. The molecule has 3 rings (SSSR count). The number of thioether (sulfide) groups is 1. The molecule has 5 heteroatoms. The van der Waals surface area contributed by atoms with Crippen molar-refractivity contribution in [3.05, 3.63) is 42.5 Å². The van der Waals surface area contributed by atoms with E-state index in [0.29, 0.717) is 0 Å². The highest BCUT2D eigenvalue weighted by molar-refractivity contribution is 8.00. The van der Waals surface area contributed by atoms with Gasteiger partial charge in [0.2, 0.25) is 0 Å². The molecule has 0 atom stereocenters. The van der Waals surface area contributed by atoms with Crippen LogP contribution in [0.15, 0.2) is 57.2 Å². The molecule has 1 aliphatic heterocycles. The third-order valence-corrected chi connectivity index (χ3v) is 4.99. The average molecular weight is 303 g/mol. The number of para-hydroxylation sites is 1. The molecule has 1 N–H and O–H groups in total. The summed E-state index contributed by atoms with van der Waals surface area (Å²) in [7, 11) is 0. The molecule has 0 radical (unpaired) electrons. The Labute approximate surface area is 126 Å². The van der Waals surface area contributed by atoms with Gasteiger partial charge in [0.15, 0.2) is 0 Å². The molecule has 2 aromatic carbocycles. The summed E-state index contributed by atoms with van der Waals surface area (Å²) in [5, 5.41) is 9.52. The zero-order valence-corrected chi connectivity index (χ0v) is 12.5. The van der Waals surface area contributed by atoms with Gasteiger partial charge in [0.1, 0.15) is 0 Å². The Morgan fingerprint density at radius 1 is 1.20 bits per heavy atom. The van der Waals surface area contributed by atoms with Crippen molar-refractivity contribution in [3.8, 4) is 0 Å². The maximum Gasteiger partial charge on any atom is 0.416 e. The van der Waals surface area contributed by atoms with E-state index in [9.17, 15) is 9.90 Å². The maximum absolute atomic E-state index is 11.6. The van der Waals surface area contributed by atoms with Crippen LogP contribution in [-0.2, 0) is 0 Å². The summed E-state index contributed by atoms with van der Waals surface area (Å²) >= 11 is 3.39. The summed E-state index contributed by atoms with van der Waals surface area (Å²) in [5.74, 6) is 1.00. The predicted octanol–water partition coefficient (Wildman–Crippen LogP) is 5.08. The van der Waals surface area contributed by atoms with Gasteiger partial charge in [-0.05, 0) is 36.1 Å². The van der Waals surface area contributed by atoms with Crippen LogP contribution in [0.1, 0.15) is 6.92 Å². The molecule has 2 aromatic rings. The lowest BCUT2D eigenvalue weighted by molar-refractivity contribution is 0.204. The molecule has 20 heavy (non-hydrogen) atoms. The summed E-state index contributed by atoms with van der Waals surface area (Å²) in [6.07, 6.45) is -0.949. The molecule has 102 valence electrons. The van der Waals surface area contributed by atoms with Crippen molar-refractivity contribution in [3.63, 3.8) is 0 Å². The van der Waals surface area contributed by atoms with Gasteiger partial charge < -0.3 is 5.11 Å². The highest BCUT2D eigenvalue weighted by Gasteiger charge is 2.27. The number of benzene rings is 2. The minimum atomic E-state index is -0.949. The quantitative estimate of drug-likeness (QED) is 0.785. The smallest absolute Gasteiger partial charge is 0.416 e. The Kier molecular flexibility index (Phi) is 3.63. The fourth-order valence-corrected chi connectivity index (χ4v) is 4.07. The minimum absolute atomic E-state index is 0.730. The number of carboxylic acid groups (broad SMARTS) is 1. The van der Waals surface area contributed by atoms with E-state index in [4.69, 9.17) is 0 Å². The number of carbonyl (C=O) groups is 1. The van der Waals surface area contributed by atoms with E-state index < -0.39 is 6.09 Å². The lowest BCUT2D eigenvalue weighted by Crippen LogP contribution is -2.26. The summed E-state index contributed by atoms with van der Waals surface area (Å²) in [4.78, 5) is 16.1. The number of anilines is 2. The summed E-state index contributed by atoms with van der Waals surface area (Å²) in [5.41, 5.74) is 1.47. The summed E-state index contributed by atoms with van der Waals surface area (Å²) < 4.78 is 0. The molecule has 0 spiro atoms. The normalized spacial score (nSPS) is 12.8. The lowest BCUT2D eigenvalue weighted by Gasteiger charge is -2.29. The van der Waals surface area contributed by atoms with Gasteiger partial charge in [-0.2, -0.15) is 0 Å². The van der Waals surface area contributed by atoms with Crippen LogP contribution < -0.4 is 4.90 Å². The number of fused-ring (bicyclic) bond motifs is 2. The molecule has 1 amide bonds. The van der Waals surface area contributed by atoms with Crippen molar-refractivity contribution in [2.24, 2.45) is 0 Å². The number of hydrogen-bond acceptors (Lipinski definition) is 3. The molecular weight excluding hydrogens is 290 g/mol. The molecule has 0 aliphatic carbocycles. The van der Waals surface area contributed by atoms with E-state index >= 15 is 0 Å². The van der Waals surface area contributed by atoms with Crippen LogP contribution in [-0.4, -0.2) is 17.0 Å². The highest BCUT2D eigenvalue weighted by atomic mass is 32.2. The first-order valence-corrected chi connectivity index (χ1v) is 8.07. The minimum Gasteiger partial charge on any atom is -0.464 e. The van der Waals surface area contributed by atoms with Gasteiger partial charge in [0, 0.05) is 14.7 Å². The molecular formula is C15H13NO2S2. The van der Waals surface area contributed by atoms with Gasteiger partial charge >= 0.3 is 6.09 Å². The van der Waals surface area contributed by atoms with Crippen LogP contribution in [0.25, 0.3) is 0 Å². The van der Waals surface area contributed by atoms with Gasteiger partial charge in [-0.3, -0.25) is 0 Å². The standard InChI is InChI=1S/C15H13NO2S2/c1-2-19-10-7-8-12-14(9-10)20-13-6-4-3-5-11(13)16(12)15(17)18/h3-9H,2H2,1H3,(H,17,18). The molecule has 0 bridgehead atoms. The summed E-state index contributed by atoms with van der Waals surface area (Å²) in [6, 6.07) is 13.5. The number of rotatable bonds is 2. The van der Waals surface area contributed by atoms with Gasteiger partial charge in [0.25, 0.3) is 0 Å². The van der Waals surface area contributed by atoms with Crippen molar-refractivity contribution >= 4 is 41.0 Å². The van der Waals surface area contributed by atoms with E-state index in [0.717, 1.165) is 26.9 Å².